The Morgan fingerprint density at radius 1 is 0.970 bits per heavy atom. The molecule has 27 heteroatoms. The van der Waals surface area contributed by atoms with Gasteiger partial charge in [-0.3, -0.25) is 14.2 Å². The van der Waals surface area contributed by atoms with Crippen LogP contribution in [0.25, 0.3) is 22.0 Å². The highest BCUT2D eigenvalue weighted by atomic mass is 35.5. The molecule has 7 rings (SSSR count). The number of hydrogen-bond donors (Lipinski definition) is 2. The number of alkyl halides is 8. The van der Waals surface area contributed by atoms with Crippen molar-refractivity contribution < 1.29 is 75.4 Å². The molecule has 0 aliphatic heterocycles. The minimum Gasteiger partial charge on any atom is -0.464 e. The Kier molecular flexibility index (Phi) is 12.0. The number of carbonyl (C=O) groups is 2. The quantitative estimate of drug-likeness (QED) is 0.0980. The number of carbonyl (C=O) groups excluding carboxylic acids is 1. The van der Waals surface area contributed by atoms with Gasteiger partial charge in [-0.1, -0.05) is 23.6 Å². The molecule has 0 spiro atoms. The van der Waals surface area contributed by atoms with Crippen molar-refractivity contribution in [1.29, 1.82) is 0 Å². The number of pyridine rings is 1. The molecule has 358 valence electrons. The average molecular weight is 1010 g/mol. The van der Waals surface area contributed by atoms with Crippen LogP contribution in [0.5, 0.6) is 0 Å². The van der Waals surface area contributed by atoms with Crippen molar-refractivity contribution in [2.24, 2.45) is 5.92 Å². The first kappa shape index (κ1) is 49.0. The van der Waals surface area contributed by atoms with Gasteiger partial charge in [0, 0.05) is 34.9 Å². The zero-order chi connectivity index (χ0) is 49.7. The van der Waals surface area contributed by atoms with Crippen LogP contribution in [0.3, 0.4) is 0 Å². The summed E-state index contributed by atoms with van der Waals surface area (Å²) in [6, 6.07) is 4.56. The van der Waals surface area contributed by atoms with Crippen molar-refractivity contribution >= 4 is 60.2 Å². The zero-order valence-electron chi connectivity index (χ0n) is 34.7. The van der Waals surface area contributed by atoms with Crippen LogP contribution < -0.4 is 9.62 Å². The number of aromatic nitrogens is 5. The second-order valence-corrected chi connectivity index (χ2v) is 21.1. The molecule has 67 heavy (non-hydrogen) atoms. The number of halogens is 11. The van der Waals surface area contributed by atoms with Gasteiger partial charge in [-0.25, -0.2) is 35.4 Å². The molecule has 0 radical (unpaired) electrons. The van der Waals surface area contributed by atoms with Crippen molar-refractivity contribution in [2.75, 3.05) is 16.8 Å². The lowest BCUT2D eigenvalue weighted by molar-refractivity contribution is -0.143. The van der Waals surface area contributed by atoms with Crippen molar-refractivity contribution in [3.05, 3.63) is 93.0 Å². The van der Waals surface area contributed by atoms with Crippen LogP contribution in [-0.4, -0.2) is 81.9 Å². The predicted octanol–water partition coefficient (Wildman–Crippen LogP) is 7.74. The van der Waals surface area contributed by atoms with E-state index in [2.05, 4.69) is 32.3 Å². The highest BCUT2D eigenvalue weighted by Gasteiger charge is 2.68. The minimum atomic E-state index is -5.22. The highest BCUT2D eigenvalue weighted by Crippen LogP contribution is 2.68. The number of sulfone groups is 1. The standard InChI is InChI=1S/C40H32ClF10N7O7S2/c1-37(2,66(3,62)63)10-9-21-5-6-22(23-7-8-26(41)30-32(23)57(17-38(44,45)46)55-35(30)58(36(60)61)67(4,64)65)31(52-21)27(13-18-11-19(42)14-20(43)12-18)53-28(59)16-56-34-29(33(54-56)40(49,50)51)24-15-25(24)39(34,47)48/h5-8,11-12,14,24-25,27H,13,15-17H2,1-4H3,(H,53,59)(H,60,61)/t24-,25+,27-/m0/s1. The molecule has 0 saturated heterocycles. The lowest BCUT2D eigenvalue weighted by Gasteiger charge is -2.23. The topological polar surface area (TPSA) is 186 Å². The van der Waals surface area contributed by atoms with Gasteiger partial charge < -0.3 is 10.4 Å². The van der Waals surface area contributed by atoms with Crippen LogP contribution in [-0.2, 0) is 56.3 Å². The summed E-state index contributed by atoms with van der Waals surface area (Å²) in [5.74, 6) is -6.25. The lowest BCUT2D eigenvalue weighted by atomic mass is 9.93. The van der Waals surface area contributed by atoms with Gasteiger partial charge in [-0.05, 0) is 74.4 Å². The summed E-state index contributed by atoms with van der Waals surface area (Å²) < 4.78 is 194. The van der Waals surface area contributed by atoms with Crippen LogP contribution in [0, 0.1) is 29.4 Å². The summed E-state index contributed by atoms with van der Waals surface area (Å²) in [5.41, 5.74) is -6.07. The van der Waals surface area contributed by atoms with Gasteiger partial charge in [0.2, 0.25) is 15.9 Å². The Hall–Kier alpha value is -5.94. The van der Waals surface area contributed by atoms with E-state index < -0.39 is 154 Å². The molecule has 3 heterocycles. The van der Waals surface area contributed by atoms with Crippen LogP contribution in [0.1, 0.15) is 66.1 Å². The molecule has 1 saturated carbocycles. The number of hydrogen-bond acceptors (Lipinski definition) is 9. The summed E-state index contributed by atoms with van der Waals surface area (Å²) >= 11 is 6.45. The van der Waals surface area contributed by atoms with Gasteiger partial charge in [-0.15, -0.1) is 0 Å². The molecule has 0 bridgehead atoms. The van der Waals surface area contributed by atoms with E-state index >= 15 is 8.78 Å². The smallest absolute Gasteiger partial charge is 0.435 e. The maximum absolute atomic E-state index is 15.5. The lowest BCUT2D eigenvalue weighted by Crippen LogP contribution is -2.35. The second-order valence-electron chi connectivity index (χ2n) is 16.3. The number of carboxylic acid groups (broad SMARTS) is 1. The maximum Gasteiger partial charge on any atom is 0.435 e. The summed E-state index contributed by atoms with van der Waals surface area (Å²) in [4.78, 5) is 30.8. The fraction of sp³-hybridized carbons (Fsp3) is 0.375. The van der Waals surface area contributed by atoms with Crippen molar-refractivity contribution in [2.45, 2.75) is 74.8 Å². The third-order valence-corrected chi connectivity index (χ3v) is 14.3. The molecule has 3 atom stereocenters. The number of nitrogens with one attached hydrogen (secondary N) is 1. The van der Waals surface area contributed by atoms with Gasteiger partial charge in [0.15, 0.2) is 21.3 Å². The van der Waals surface area contributed by atoms with Gasteiger partial charge in [-0.2, -0.15) is 49.6 Å². The molecule has 2 N–H and O–H groups in total. The van der Waals surface area contributed by atoms with Crippen LogP contribution in [0.4, 0.5) is 54.5 Å². The van der Waals surface area contributed by atoms with E-state index in [9.17, 15) is 66.7 Å². The third-order valence-electron chi connectivity index (χ3n) is 11.0. The number of anilines is 1. The van der Waals surface area contributed by atoms with Crippen LogP contribution >= 0.6 is 11.6 Å². The van der Waals surface area contributed by atoms with Gasteiger partial charge in [0.25, 0.3) is 5.92 Å². The fourth-order valence-electron chi connectivity index (χ4n) is 7.79. The number of nitrogens with zero attached hydrogens (tertiary/aromatic N) is 6. The molecule has 2 aliphatic rings. The molecule has 2 aromatic carbocycles. The fourth-order valence-corrected chi connectivity index (χ4v) is 8.99. The van der Waals surface area contributed by atoms with E-state index in [0.29, 0.717) is 12.3 Å². The van der Waals surface area contributed by atoms with E-state index in [-0.39, 0.29) is 36.9 Å². The Bertz CT molecular complexity index is 3180. The number of benzene rings is 2. The first-order valence-corrected chi connectivity index (χ1v) is 23.3. The minimum absolute atomic E-state index is 0.177. The Morgan fingerprint density at radius 2 is 1.60 bits per heavy atom. The molecule has 2 aliphatic carbocycles. The molecule has 14 nitrogen and oxygen atoms in total. The third kappa shape index (κ3) is 9.49. The van der Waals surface area contributed by atoms with Crippen LogP contribution in [0.15, 0.2) is 42.5 Å². The Balaban J connectivity index is 1.48. The normalized spacial score (nSPS) is 17.4. The summed E-state index contributed by atoms with van der Waals surface area (Å²) in [7, 11) is -8.77. The zero-order valence-corrected chi connectivity index (χ0v) is 37.0. The average Bonchev–Trinajstić information content (AvgIpc) is 3.68. The molecule has 2 amide bonds. The van der Waals surface area contributed by atoms with Gasteiger partial charge in [0.1, 0.15) is 40.9 Å². The largest absolute Gasteiger partial charge is 0.464 e. The van der Waals surface area contributed by atoms with E-state index in [1.165, 1.54) is 13.8 Å². The van der Waals surface area contributed by atoms with Crippen molar-refractivity contribution in [3.63, 3.8) is 0 Å². The van der Waals surface area contributed by atoms with E-state index in [1.807, 2.05) is 0 Å². The van der Waals surface area contributed by atoms with Gasteiger partial charge in [0.05, 0.1) is 33.9 Å². The molecule has 5 aromatic rings. The first-order chi connectivity index (χ1) is 30.7. The van der Waals surface area contributed by atoms with E-state index in [1.54, 1.807) is 0 Å². The summed E-state index contributed by atoms with van der Waals surface area (Å²) in [6.07, 6.45) is -12.3. The first-order valence-electron chi connectivity index (χ1n) is 19.2. The molecule has 3 aromatic heterocycles. The van der Waals surface area contributed by atoms with E-state index in [4.69, 9.17) is 11.6 Å². The van der Waals surface area contributed by atoms with Crippen molar-refractivity contribution in [1.82, 2.24) is 29.9 Å². The molecule has 1 fully saturated rings. The molecule has 0 unspecified atom stereocenters. The Labute approximate surface area is 377 Å². The summed E-state index contributed by atoms with van der Waals surface area (Å²) in [6.45, 7) is -0.862. The number of sulfonamides is 1. The monoisotopic (exact) mass is 1010 g/mol. The van der Waals surface area contributed by atoms with Crippen molar-refractivity contribution in [3.8, 4) is 23.0 Å². The summed E-state index contributed by atoms with van der Waals surface area (Å²) in [5, 5.41) is 18.2. The molecular weight excluding hydrogens is 980 g/mol. The molecular formula is C40H32ClF10N7O7S2. The second kappa shape index (κ2) is 16.4. The number of rotatable bonds is 11. The number of fused-ring (bicyclic) bond motifs is 4. The van der Waals surface area contributed by atoms with E-state index in [0.717, 1.165) is 42.7 Å². The predicted molar refractivity (Wildman–Crippen MR) is 218 cm³/mol. The Morgan fingerprint density at radius 3 is 2.16 bits per heavy atom. The SMILES string of the molecule is CC(C)(C#Cc1ccc(-c2ccc(Cl)c3c(N(C(=O)O)S(C)(=O)=O)nn(CC(F)(F)F)c23)c([C@H](Cc2cc(F)cc(F)c2)NC(=O)Cn2nc(C(F)(F)F)c3c2C(F)(F)[C@@H]2C[C@H]32)n1)S(C)(=O)=O. The highest BCUT2D eigenvalue weighted by molar-refractivity contribution is 7.93. The van der Waals surface area contributed by atoms with Crippen LogP contribution in [0.2, 0.25) is 5.02 Å². The number of amides is 2. The maximum atomic E-state index is 15.5. The van der Waals surface area contributed by atoms with Gasteiger partial charge >= 0.3 is 18.4 Å².